The van der Waals surface area contributed by atoms with Crippen LogP contribution in [0.5, 0.6) is 5.75 Å². The molecule has 2 aromatic rings. The molecule has 1 N–H and O–H groups in total. The zero-order valence-electron chi connectivity index (χ0n) is 12.1. The Kier molecular flexibility index (Phi) is 4.56. The fraction of sp³-hybridized carbons (Fsp3) is 0.462. The average Bonchev–Trinajstić information content (AvgIpc) is 3.03. The molecule has 0 atom stereocenters. The molecule has 0 spiro atoms. The first-order chi connectivity index (χ1) is 11.1. The van der Waals surface area contributed by atoms with Gasteiger partial charge in [-0.25, -0.2) is 14.8 Å². The van der Waals surface area contributed by atoms with E-state index in [0.717, 1.165) is 0 Å². The number of carbonyl (C=O) groups is 1. The molecule has 3 heterocycles. The van der Waals surface area contributed by atoms with E-state index in [-0.39, 0.29) is 17.8 Å². The predicted molar refractivity (Wildman–Crippen MR) is 77.2 cm³/mol. The van der Waals surface area contributed by atoms with E-state index in [2.05, 4.69) is 20.1 Å². The van der Waals surface area contributed by atoms with Crippen molar-refractivity contribution in [2.24, 2.45) is 0 Å². The van der Waals surface area contributed by atoms with Crippen molar-refractivity contribution in [2.45, 2.75) is 25.4 Å². The maximum Gasteiger partial charge on any atom is 0.407 e. The van der Waals surface area contributed by atoms with Crippen molar-refractivity contribution < 1.29 is 19.2 Å². The molecule has 0 bridgehead atoms. The van der Waals surface area contributed by atoms with Crippen molar-refractivity contribution in [3.63, 3.8) is 0 Å². The van der Waals surface area contributed by atoms with E-state index in [0.29, 0.717) is 43.4 Å². The van der Waals surface area contributed by atoms with Gasteiger partial charge in [-0.1, -0.05) is 5.16 Å². The van der Waals surface area contributed by atoms with E-state index < -0.39 is 6.09 Å². The number of piperidine rings is 1. The third-order valence-corrected chi connectivity index (χ3v) is 3.77. The molecule has 122 valence electrons. The van der Waals surface area contributed by atoms with Gasteiger partial charge in [0.2, 0.25) is 5.28 Å². The van der Waals surface area contributed by atoms with Gasteiger partial charge in [0, 0.05) is 19.0 Å². The van der Waals surface area contributed by atoms with Crippen LogP contribution in [0.25, 0.3) is 0 Å². The molecule has 1 saturated heterocycles. The summed E-state index contributed by atoms with van der Waals surface area (Å²) in [6.07, 6.45) is 3.37. The van der Waals surface area contributed by atoms with Crippen molar-refractivity contribution in [3.8, 4) is 5.75 Å². The van der Waals surface area contributed by atoms with Gasteiger partial charge >= 0.3 is 6.09 Å². The maximum absolute atomic E-state index is 10.9. The molecular weight excluding hydrogens is 326 g/mol. The lowest BCUT2D eigenvalue weighted by Crippen LogP contribution is -2.37. The first kappa shape index (κ1) is 15.5. The number of nitrogens with zero attached hydrogens (tertiary/aromatic N) is 5. The number of aromatic nitrogens is 4. The molecule has 0 aromatic carbocycles. The molecule has 0 aliphatic carbocycles. The highest BCUT2D eigenvalue weighted by Crippen LogP contribution is 2.26. The van der Waals surface area contributed by atoms with E-state index in [9.17, 15) is 4.79 Å². The number of amides is 1. The van der Waals surface area contributed by atoms with Crippen molar-refractivity contribution in [1.29, 1.82) is 0 Å². The fourth-order valence-corrected chi connectivity index (χ4v) is 2.44. The zero-order chi connectivity index (χ0) is 16.2. The number of likely N-dealkylation sites (tertiary alicyclic amines) is 1. The van der Waals surface area contributed by atoms with Gasteiger partial charge < -0.3 is 19.3 Å². The van der Waals surface area contributed by atoms with Gasteiger partial charge in [-0.3, -0.25) is 0 Å². The van der Waals surface area contributed by atoms with Crippen molar-refractivity contribution >= 4 is 17.7 Å². The van der Waals surface area contributed by atoms with Gasteiger partial charge in [0.15, 0.2) is 18.2 Å². The van der Waals surface area contributed by atoms with E-state index in [1.807, 2.05) is 0 Å². The van der Waals surface area contributed by atoms with E-state index in [1.165, 1.54) is 17.3 Å². The topological polar surface area (TPSA) is 114 Å². The molecule has 1 aliphatic heterocycles. The van der Waals surface area contributed by atoms with Crippen LogP contribution in [0.15, 0.2) is 16.9 Å². The van der Waals surface area contributed by atoms with Crippen molar-refractivity contribution in [1.82, 2.24) is 25.0 Å². The van der Waals surface area contributed by atoms with Crippen LogP contribution in [0.2, 0.25) is 5.28 Å². The summed E-state index contributed by atoms with van der Waals surface area (Å²) in [4.78, 5) is 24.2. The molecule has 0 unspecified atom stereocenters. The Morgan fingerprint density at radius 1 is 1.39 bits per heavy atom. The minimum absolute atomic E-state index is 0.0990. The van der Waals surface area contributed by atoms with Crippen molar-refractivity contribution in [2.75, 3.05) is 13.1 Å². The summed E-state index contributed by atoms with van der Waals surface area (Å²) in [5.41, 5.74) is 0. The molecular formula is C13H14ClN5O4. The molecule has 10 heteroatoms. The van der Waals surface area contributed by atoms with E-state index in [1.54, 1.807) is 0 Å². The monoisotopic (exact) mass is 339 g/mol. The first-order valence-electron chi connectivity index (χ1n) is 7.02. The van der Waals surface area contributed by atoms with Crippen LogP contribution in [0, 0.1) is 0 Å². The summed E-state index contributed by atoms with van der Waals surface area (Å²) >= 11 is 5.59. The van der Waals surface area contributed by atoms with E-state index in [4.69, 9.17) is 26.0 Å². The Morgan fingerprint density at radius 3 is 2.74 bits per heavy atom. The van der Waals surface area contributed by atoms with Crippen LogP contribution in [-0.2, 0) is 6.61 Å². The van der Waals surface area contributed by atoms with Crippen LogP contribution in [0.4, 0.5) is 4.79 Å². The number of hydrogen-bond donors (Lipinski definition) is 1. The number of ether oxygens (including phenoxy) is 1. The van der Waals surface area contributed by atoms with Crippen LogP contribution in [-0.4, -0.2) is 49.3 Å². The Hall–Kier alpha value is -2.42. The predicted octanol–water partition coefficient (Wildman–Crippen LogP) is 1.95. The minimum atomic E-state index is -0.893. The quantitative estimate of drug-likeness (QED) is 0.840. The smallest absolute Gasteiger partial charge is 0.407 e. The lowest BCUT2D eigenvalue weighted by atomic mass is 9.96. The maximum atomic E-state index is 10.9. The second-order valence-corrected chi connectivity index (χ2v) is 5.40. The Morgan fingerprint density at radius 2 is 2.09 bits per heavy atom. The Bertz CT molecular complexity index is 669. The van der Waals surface area contributed by atoms with Gasteiger partial charge in [0.1, 0.15) is 0 Å². The number of rotatable bonds is 4. The Labute approximate surface area is 136 Å². The summed E-state index contributed by atoms with van der Waals surface area (Å²) in [6.45, 7) is 1.05. The average molecular weight is 340 g/mol. The minimum Gasteiger partial charge on any atom is -0.481 e. The summed E-state index contributed by atoms with van der Waals surface area (Å²) in [6, 6.07) is 0. The van der Waals surface area contributed by atoms with Crippen LogP contribution < -0.4 is 4.74 Å². The van der Waals surface area contributed by atoms with Gasteiger partial charge in [-0.05, 0) is 24.4 Å². The largest absolute Gasteiger partial charge is 0.481 e. The summed E-state index contributed by atoms with van der Waals surface area (Å²) in [5.74, 6) is 1.47. The highest BCUT2D eigenvalue weighted by molar-refractivity contribution is 6.28. The standard InChI is InChI=1S/C13H14ClN5O4/c14-12-15-5-9(6-16-12)22-7-10-17-11(18-23-10)8-1-3-19(4-2-8)13(20)21/h5-6,8H,1-4,7H2,(H,20,21). The van der Waals surface area contributed by atoms with Gasteiger partial charge in [0.05, 0.1) is 12.4 Å². The zero-order valence-corrected chi connectivity index (χ0v) is 12.8. The third-order valence-electron chi connectivity index (χ3n) is 3.57. The molecule has 1 amide bonds. The summed E-state index contributed by atoms with van der Waals surface area (Å²) in [7, 11) is 0. The van der Waals surface area contributed by atoms with Gasteiger partial charge in [-0.15, -0.1) is 0 Å². The lowest BCUT2D eigenvalue weighted by molar-refractivity contribution is 0.131. The van der Waals surface area contributed by atoms with Gasteiger partial charge in [-0.2, -0.15) is 4.98 Å². The summed E-state index contributed by atoms with van der Waals surface area (Å²) in [5, 5.41) is 13.0. The highest BCUT2D eigenvalue weighted by Gasteiger charge is 2.26. The SMILES string of the molecule is O=C(O)N1CCC(c2noc(COc3cnc(Cl)nc3)n2)CC1. The third kappa shape index (κ3) is 3.86. The van der Waals surface area contributed by atoms with E-state index >= 15 is 0 Å². The molecule has 2 aromatic heterocycles. The lowest BCUT2D eigenvalue weighted by Gasteiger charge is -2.28. The highest BCUT2D eigenvalue weighted by atomic mass is 35.5. The van der Waals surface area contributed by atoms with Crippen LogP contribution in [0.3, 0.4) is 0 Å². The van der Waals surface area contributed by atoms with Gasteiger partial charge in [0.25, 0.3) is 5.89 Å². The molecule has 1 fully saturated rings. The molecule has 9 nitrogen and oxygen atoms in total. The molecule has 3 rings (SSSR count). The number of halogens is 1. The first-order valence-corrected chi connectivity index (χ1v) is 7.40. The molecule has 23 heavy (non-hydrogen) atoms. The molecule has 0 saturated carbocycles. The normalized spacial score (nSPS) is 15.6. The Balaban J connectivity index is 1.54. The summed E-state index contributed by atoms with van der Waals surface area (Å²) < 4.78 is 10.6. The fourth-order valence-electron chi connectivity index (χ4n) is 2.34. The van der Waals surface area contributed by atoms with Crippen LogP contribution in [0.1, 0.15) is 30.5 Å². The van der Waals surface area contributed by atoms with Crippen LogP contribution >= 0.6 is 11.6 Å². The number of hydrogen-bond acceptors (Lipinski definition) is 7. The second kappa shape index (κ2) is 6.78. The molecule has 0 radical (unpaired) electrons. The second-order valence-electron chi connectivity index (χ2n) is 5.07. The molecule has 1 aliphatic rings. The number of carboxylic acid groups (broad SMARTS) is 1. The van der Waals surface area contributed by atoms with Crippen molar-refractivity contribution in [3.05, 3.63) is 29.4 Å².